The highest BCUT2D eigenvalue weighted by molar-refractivity contribution is 8.00. The van der Waals surface area contributed by atoms with Crippen molar-refractivity contribution in [3.05, 3.63) is 41.0 Å². The predicted molar refractivity (Wildman–Crippen MR) is 88.2 cm³/mol. The number of hydrogen-bond acceptors (Lipinski definition) is 3. The number of anilines is 1. The van der Waals surface area contributed by atoms with Gasteiger partial charge in [0.05, 0.1) is 11.4 Å². The zero-order chi connectivity index (χ0) is 15.4. The van der Waals surface area contributed by atoms with Crippen molar-refractivity contribution in [3.8, 4) is 0 Å². The second-order valence-corrected chi connectivity index (χ2v) is 6.49. The molecule has 0 fully saturated rings. The first-order valence-corrected chi connectivity index (χ1v) is 8.06. The smallest absolute Gasteiger partial charge is 0.235 e. The maximum absolute atomic E-state index is 12.0. The standard InChI is InChI=1S/C15H18ClN3OS/c1-10(2)19-14(8-11(3)18-19)17-15(20)9-21-13-6-4-12(16)5-7-13/h4-8,10H,9H2,1-3H3,(H,17,20). The average molecular weight is 324 g/mol. The van der Waals surface area contributed by atoms with Crippen LogP contribution in [0.2, 0.25) is 5.02 Å². The Morgan fingerprint density at radius 2 is 2.05 bits per heavy atom. The number of carbonyl (C=O) groups excluding carboxylic acids is 1. The molecule has 0 radical (unpaired) electrons. The molecule has 0 saturated heterocycles. The van der Waals surface area contributed by atoms with E-state index >= 15 is 0 Å². The van der Waals surface area contributed by atoms with E-state index < -0.39 is 0 Å². The number of aryl methyl sites for hydroxylation is 1. The predicted octanol–water partition coefficient (Wildman–Crippen LogP) is 4.16. The Kier molecular flexibility index (Phi) is 5.31. The molecule has 0 spiro atoms. The van der Waals surface area contributed by atoms with Crippen molar-refractivity contribution in [3.63, 3.8) is 0 Å². The molecule has 21 heavy (non-hydrogen) atoms. The average Bonchev–Trinajstić information content (AvgIpc) is 2.79. The highest BCUT2D eigenvalue weighted by Gasteiger charge is 2.11. The van der Waals surface area contributed by atoms with Crippen molar-refractivity contribution in [2.75, 3.05) is 11.1 Å². The molecule has 6 heteroatoms. The molecule has 0 aliphatic heterocycles. The Morgan fingerprint density at radius 1 is 1.38 bits per heavy atom. The summed E-state index contributed by atoms with van der Waals surface area (Å²) in [5.41, 5.74) is 0.893. The van der Waals surface area contributed by atoms with E-state index in [0.29, 0.717) is 10.8 Å². The van der Waals surface area contributed by atoms with Gasteiger partial charge < -0.3 is 5.32 Å². The summed E-state index contributed by atoms with van der Waals surface area (Å²) in [5.74, 6) is 1.05. The molecule has 1 aromatic carbocycles. The summed E-state index contributed by atoms with van der Waals surface area (Å²) in [4.78, 5) is 13.1. The quantitative estimate of drug-likeness (QED) is 0.840. The molecule has 0 aliphatic rings. The Bertz CT molecular complexity index is 622. The van der Waals surface area contributed by atoms with Crippen molar-refractivity contribution in [1.29, 1.82) is 0 Å². The first-order valence-electron chi connectivity index (χ1n) is 6.70. The van der Waals surface area contributed by atoms with Gasteiger partial charge in [-0.15, -0.1) is 11.8 Å². The summed E-state index contributed by atoms with van der Waals surface area (Å²) in [6, 6.07) is 9.53. The molecule has 1 N–H and O–H groups in total. The van der Waals surface area contributed by atoms with Gasteiger partial charge >= 0.3 is 0 Å². The van der Waals surface area contributed by atoms with E-state index in [4.69, 9.17) is 11.6 Å². The van der Waals surface area contributed by atoms with Gasteiger partial charge in [-0.1, -0.05) is 11.6 Å². The summed E-state index contributed by atoms with van der Waals surface area (Å²) < 4.78 is 1.82. The van der Waals surface area contributed by atoms with Crippen LogP contribution in [0.25, 0.3) is 0 Å². The fourth-order valence-corrected chi connectivity index (χ4v) is 2.69. The van der Waals surface area contributed by atoms with Gasteiger partial charge in [0.1, 0.15) is 5.82 Å². The van der Waals surface area contributed by atoms with Crippen molar-refractivity contribution in [2.24, 2.45) is 0 Å². The molecular formula is C15H18ClN3OS. The van der Waals surface area contributed by atoms with Gasteiger partial charge in [0.15, 0.2) is 0 Å². The molecule has 1 aromatic heterocycles. The molecule has 1 heterocycles. The van der Waals surface area contributed by atoms with Crippen LogP contribution in [0.4, 0.5) is 5.82 Å². The number of benzene rings is 1. The van der Waals surface area contributed by atoms with Gasteiger partial charge in [-0.05, 0) is 45.0 Å². The Balaban J connectivity index is 1.94. The van der Waals surface area contributed by atoms with Crippen molar-refractivity contribution in [2.45, 2.75) is 31.7 Å². The van der Waals surface area contributed by atoms with Gasteiger partial charge in [-0.3, -0.25) is 4.79 Å². The van der Waals surface area contributed by atoms with Gasteiger partial charge in [-0.25, -0.2) is 4.68 Å². The van der Waals surface area contributed by atoms with E-state index in [9.17, 15) is 4.79 Å². The topological polar surface area (TPSA) is 46.9 Å². The summed E-state index contributed by atoms with van der Waals surface area (Å²) in [7, 11) is 0. The molecule has 1 amide bonds. The lowest BCUT2D eigenvalue weighted by Gasteiger charge is -2.11. The van der Waals surface area contributed by atoms with Crippen molar-refractivity contribution >= 4 is 35.1 Å². The molecule has 0 unspecified atom stereocenters. The minimum Gasteiger partial charge on any atom is -0.310 e. The zero-order valence-corrected chi connectivity index (χ0v) is 13.8. The van der Waals surface area contributed by atoms with Crippen LogP contribution in [0.5, 0.6) is 0 Å². The molecule has 2 aromatic rings. The number of rotatable bonds is 5. The van der Waals surface area contributed by atoms with E-state index in [1.807, 2.05) is 55.8 Å². The number of carbonyl (C=O) groups is 1. The number of halogens is 1. The molecular weight excluding hydrogens is 306 g/mol. The highest BCUT2D eigenvalue weighted by Crippen LogP contribution is 2.21. The van der Waals surface area contributed by atoms with Crippen LogP contribution >= 0.6 is 23.4 Å². The Hall–Kier alpha value is -1.46. The number of nitrogens with zero attached hydrogens (tertiary/aromatic N) is 2. The molecule has 4 nitrogen and oxygen atoms in total. The highest BCUT2D eigenvalue weighted by atomic mass is 35.5. The summed E-state index contributed by atoms with van der Waals surface area (Å²) >= 11 is 7.31. The lowest BCUT2D eigenvalue weighted by Crippen LogP contribution is -2.18. The van der Waals surface area contributed by atoms with Gasteiger partial charge in [-0.2, -0.15) is 5.10 Å². The molecule has 0 atom stereocenters. The minimum absolute atomic E-state index is 0.0447. The lowest BCUT2D eigenvalue weighted by atomic mass is 10.4. The van der Waals surface area contributed by atoms with Crippen LogP contribution in [-0.2, 0) is 4.79 Å². The number of aromatic nitrogens is 2. The molecule has 0 aliphatic carbocycles. The zero-order valence-electron chi connectivity index (χ0n) is 12.3. The second kappa shape index (κ2) is 7.00. The maximum atomic E-state index is 12.0. The van der Waals surface area contributed by atoms with Gasteiger partial charge in [0, 0.05) is 22.0 Å². The lowest BCUT2D eigenvalue weighted by molar-refractivity contribution is -0.113. The fourth-order valence-electron chi connectivity index (χ4n) is 1.86. The van der Waals surface area contributed by atoms with Gasteiger partial charge in [0.2, 0.25) is 5.91 Å². The monoisotopic (exact) mass is 323 g/mol. The number of nitrogens with one attached hydrogen (secondary N) is 1. The first-order chi connectivity index (χ1) is 9.95. The first kappa shape index (κ1) is 15.9. The summed E-state index contributed by atoms with van der Waals surface area (Å²) in [6.45, 7) is 5.98. The van der Waals surface area contributed by atoms with Crippen molar-refractivity contribution < 1.29 is 4.79 Å². The largest absolute Gasteiger partial charge is 0.310 e. The number of hydrogen-bond donors (Lipinski definition) is 1. The number of amides is 1. The van der Waals surface area contributed by atoms with Crippen LogP contribution in [-0.4, -0.2) is 21.4 Å². The third-order valence-corrected chi connectivity index (χ3v) is 4.06. The summed E-state index contributed by atoms with van der Waals surface area (Å²) in [6.07, 6.45) is 0. The van der Waals surface area contributed by atoms with E-state index in [0.717, 1.165) is 16.4 Å². The molecule has 0 bridgehead atoms. The normalized spacial score (nSPS) is 10.9. The van der Waals surface area contributed by atoms with Crippen LogP contribution in [0.3, 0.4) is 0 Å². The van der Waals surface area contributed by atoms with E-state index in [2.05, 4.69) is 10.4 Å². The maximum Gasteiger partial charge on any atom is 0.235 e. The van der Waals surface area contributed by atoms with Gasteiger partial charge in [0.25, 0.3) is 0 Å². The van der Waals surface area contributed by atoms with E-state index in [1.165, 1.54) is 11.8 Å². The molecule has 0 saturated carbocycles. The molecule has 112 valence electrons. The Labute approximate surface area is 133 Å². The SMILES string of the molecule is Cc1cc(NC(=O)CSc2ccc(Cl)cc2)n(C(C)C)n1. The van der Waals surface area contributed by atoms with Crippen LogP contribution in [0.1, 0.15) is 25.6 Å². The third kappa shape index (κ3) is 4.51. The van der Waals surface area contributed by atoms with Crippen LogP contribution in [0, 0.1) is 6.92 Å². The Morgan fingerprint density at radius 3 is 2.67 bits per heavy atom. The minimum atomic E-state index is -0.0447. The fraction of sp³-hybridized carbons (Fsp3) is 0.333. The van der Waals surface area contributed by atoms with E-state index in [1.54, 1.807) is 0 Å². The molecule has 2 rings (SSSR count). The van der Waals surface area contributed by atoms with Crippen LogP contribution < -0.4 is 5.32 Å². The van der Waals surface area contributed by atoms with Crippen LogP contribution in [0.15, 0.2) is 35.2 Å². The summed E-state index contributed by atoms with van der Waals surface area (Å²) in [5, 5.41) is 7.98. The third-order valence-electron chi connectivity index (χ3n) is 2.80. The number of thioether (sulfide) groups is 1. The second-order valence-electron chi connectivity index (χ2n) is 5.00. The van der Waals surface area contributed by atoms with E-state index in [-0.39, 0.29) is 11.9 Å². The van der Waals surface area contributed by atoms with Crippen molar-refractivity contribution in [1.82, 2.24) is 9.78 Å².